The van der Waals surface area contributed by atoms with Gasteiger partial charge >= 0.3 is 0 Å². The molecule has 0 spiro atoms. The molecule has 26 heavy (non-hydrogen) atoms. The molecule has 0 aromatic heterocycles. The third-order valence-electron chi connectivity index (χ3n) is 4.28. The molecule has 2 aromatic rings. The Balaban J connectivity index is 1.37. The molecule has 2 heterocycles. The van der Waals surface area contributed by atoms with E-state index < -0.39 is 0 Å². The van der Waals surface area contributed by atoms with E-state index in [9.17, 15) is 4.79 Å². The van der Waals surface area contributed by atoms with Crippen LogP contribution < -0.4 is 19.5 Å². The van der Waals surface area contributed by atoms with Crippen LogP contribution in [0.1, 0.15) is 11.1 Å². The van der Waals surface area contributed by atoms with E-state index in [-0.39, 0.29) is 12.5 Å². The highest BCUT2D eigenvalue weighted by Crippen LogP contribution is 2.38. The van der Waals surface area contributed by atoms with E-state index in [1.807, 2.05) is 42.5 Å². The highest BCUT2D eigenvalue weighted by atomic mass is 35.5. The number of rotatable bonds is 4. The number of halogens is 1. The molecule has 0 saturated carbocycles. The Kier molecular flexibility index (Phi) is 4.71. The van der Waals surface area contributed by atoms with Crippen LogP contribution in [0.2, 0.25) is 5.02 Å². The van der Waals surface area contributed by atoms with Crippen molar-refractivity contribution in [2.24, 2.45) is 0 Å². The maximum absolute atomic E-state index is 12.4. The Morgan fingerprint density at radius 2 is 1.92 bits per heavy atom. The molecule has 0 atom stereocenters. The molecule has 0 aliphatic carbocycles. The molecule has 4 rings (SSSR count). The van der Waals surface area contributed by atoms with Gasteiger partial charge in [-0.15, -0.1) is 0 Å². The summed E-state index contributed by atoms with van der Waals surface area (Å²) in [6.45, 7) is 1.79. The molecule has 2 aliphatic heterocycles. The van der Waals surface area contributed by atoms with Crippen molar-refractivity contribution in [3.8, 4) is 17.2 Å². The zero-order valence-corrected chi connectivity index (χ0v) is 14.8. The van der Waals surface area contributed by atoms with E-state index in [4.69, 9.17) is 25.8 Å². The molecule has 5 nitrogen and oxygen atoms in total. The molecule has 0 fully saturated rings. The second-order valence-corrected chi connectivity index (χ2v) is 6.51. The average Bonchev–Trinajstić information content (AvgIpc) is 2.67. The lowest BCUT2D eigenvalue weighted by Gasteiger charge is -2.20. The largest absolute Gasteiger partial charge is 0.488 e. The van der Waals surface area contributed by atoms with Gasteiger partial charge < -0.3 is 19.5 Å². The van der Waals surface area contributed by atoms with Gasteiger partial charge in [0.2, 0.25) is 0 Å². The van der Waals surface area contributed by atoms with Crippen LogP contribution in [0.15, 0.2) is 42.0 Å². The first kappa shape index (κ1) is 16.8. The number of ether oxygens (including phenoxy) is 3. The number of benzene rings is 2. The van der Waals surface area contributed by atoms with Crippen LogP contribution in [-0.2, 0) is 11.2 Å². The summed E-state index contributed by atoms with van der Waals surface area (Å²) in [4.78, 5) is 12.4. The summed E-state index contributed by atoms with van der Waals surface area (Å²) >= 11 is 6.24. The van der Waals surface area contributed by atoms with Gasteiger partial charge in [-0.1, -0.05) is 29.8 Å². The van der Waals surface area contributed by atoms with Crippen LogP contribution in [-0.4, -0.2) is 32.3 Å². The first-order valence-corrected chi connectivity index (χ1v) is 8.87. The number of carbonyl (C=O) groups excluding carboxylic acids is 1. The van der Waals surface area contributed by atoms with Crippen molar-refractivity contribution in [2.75, 3.05) is 26.4 Å². The Labute approximate surface area is 156 Å². The molecule has 2 aliphatic rings. The predicted molar refractivity (Wildman–Crippen MR) is 99.1 cm³/mol. The SMILES string of the molecule is O=C(NCCc1cc(Cl)c2c(c1)OCCO2)C1=Cc2ccccc2OC1. The molecule has 2 aromatic carbocycles. The fourth-order valence-electron chi connectivity index (χ4n) is 2.99. The Hall–Kier alpha value is -2.66. The van der Waals surface area contributed by atoms with Gasteiger partial charge in [0.05, 0.1) is 10.6 Å². The van der Waals surface area contributed by atoms with Gasteiger partial charge in [0, 0.05) is 12.1 Å². The van der Waals surface area contributed by atoms with Crippen LogP contribution in [0.4, 0.5) is 0 Å². The number of nitrogens with one attached hydrogen (secondary N) is 1. The smallest absolute Gasteiger partial charge is 0.250 e. The molecule has 6 heteroatoms. The molecule has 1 N–H and O–H groups in total. The Bertz CT molecular complexity index is 878. The fraction of sp³-hybridized carbons (Fsp3) is 0.250. The van der Waals surface area contributed by atoms with E-state index in [2.05, 4.69) is 5.32 Å². The lowest BCUT2D eigenvalue weighted by Crippen LogP contribution is -2.30. The first-order valence-electron chi connectivity index (χ1n) is 8.49. The second-order valence-electron chi connectivity index (χ2n) is 6.10. The van der Waals surface area contributed by atoms with Gasteiger partial charge in [-0.05, 0) is 36.3 Å². The van der Waals surface area contributed by atoms with Crippen LogP contribution in [0, 0.1) is 0 Å². The monoisotopic (exact) mass is 371 g/mol. The van der Waals surface area contributed by atoms with E-state index >= 15 is 0 Å². The van der Waals surface area contributed by atoms with Gasteiger partial charge in [-0.25, -0.2) is 0 Å². The number of hydrogen-bond acceptors (Lipinski definition) is 4. The van der Waals surface area contributed by atoms with Gasteiger partial charge in [0.25, 0.3) is 5.91 Å². The minimum Gasteiger partial charge on any atom is -0.488 e. The van der Waals surface area contributed by atoms with Crippen molar-refractivity contribution in [2.45, 2.75) is 6.42 Å². The van der Waals surface area contributed by atoms with Crippen molar-refractivity contribution >= 4 is 23.6 Å². The molecule has 0 radical (unpaired) electrons. The highest BCUT2D eigenvalue weighted by Gasteiger charge is 2.18. The maximum Gasteiger partial charge on any atom is 0.250 e. The second kappa shape index (κ2) is 7.30. The van der Waals surface area contributed by atoms with E-state index in [1.165, 1.54) is 0 Å². The van der Waals surface area contributed by atoms with Crippen LogP contribution in [0.25, 0.3) is 6.08 Å². The molecule has 1 amide bonds. The van der Waals surface area contributed by atoms with E-state index in [0.29, 0.717) is 48.3 Å². The van der Waals surface area contributed by atoms with Gasteiger partial charge in [-0.3, -0.25) is 4.79 Å². The summed E-state index contributed by atoms with van der Waals surface area (Å²) in [6, 6.07) is 11.4. The summed E-state index contributed by atoms with van der Waals surface area (Å²) in [5.74, 6) is 1.93. The van der Waals surface area contributed by atoms with Gasteiger partial charge in [0.1, 0.15) is 25.6 Å². The van der Waals surface area contributed by atoms with Crippen LogP contribution >= 0.6 is 11.6 Å². The van der Waals surface area contributed by atoms with E-state index in [0.717, 1.165) is 16.9 Å². The van der Waals surface area contributed by atoms with Gasteiger partial charge in [-0.2, -0.15) is 0 Å². The maximum atomic E-state index is 12.4. The molecule has 134 valence electrons. The van der Waals surface area contributed by atoms with Crippen LogP contribution in [0.5, 0.6) is 17.2 Å². The predicted octanol–water partition coefficient (Wildman–Crippen LogP) is 3.25. The zero-order valence-electron chi connectivity index (χ0n) is 14.1. The lowest BCUT2D eigenvalue weighted by atomic mass is 10.1. The summed E-state index contributed by atoms with van der Waals surface area (Å²) in [7, 11) is 0. The first-order chi connectivity index (χ1) is 12.7. The fourth-order valence-corrected chi connectivity index (χ4v) is 3.28. The summed E-state index contributed by atoms with van der Waals surface area (Å²) in [5.41, 5.74) is 2.52. The number of para-hydroxylation sites is 1. The molecule has 0 saturated heterocycles. The molecule has 0 unspecified atom stereocenters. The minimum absolute atomic E-state index is 0.122. The van der Waals surface area contributed by atoms with Crippen molar-refractivity contribution in [3.63, 3.8) is 0 Å². The average molecular weight is 372 g/mol. The van der Waals surface area contributed by atoms with E-state index in [1.54, 1.807) is 0 Å². The summed E-state index contributed by atoms with van der Waals surface area (Å²) < 4.78 is 16.7. The number of amides is 1. The molecular formula is C20H18ClNO4. The number of fused-ring (bicyclic) bond motifs is 2. The highest BCUT2D eigenvalue weighted by molar-refractivity contribution is 6.32. The van der Waals surface area contributed by atoms with Crippen molar-refractivity contribution in [1.82, 2.24) is 5.32 Å². The Morgan fingerprint density at radius 1 is 1.08 bits per heavy atom. The standard InChI is InChI=1S/C20H18ClNO4/c21-16-9-13(10-18-19(16)25-8-7-24-18)5-6-22-20(23)15-11-14-3-1-2-4-17(14)26-12-15/h1-4,9-11H,5-8,12H2,(H,22,23). The summed E-state index contributed by atoms with van der Waals surface area (Å²) in [5, 5.41) is 3.46. The van der Waals surface area contributed by atoms with Gasteiger partial charge in [0.15, 0.2) is 11.5 Å². The topological polar surface area (TPSA) is 56.8 Å². The lowest BCUT2D eigenvalue weighted by molar-refractivity contribution is -0.117. The van der Waals surface area contributed by atoms with Crippen molar-refractivity contribution in [1.29, 1.82) is 0 Å². The molecular weight excluding hydrogens is 354 g/mol. The van der Waals surface area contributed by atoms with Crippen molar-refractivity contribution in [3.05, 3.63) is 58.1 Å². The third kappa shape index (κ3) is 3.48. The Morgan fingerprint density at radius 3 is 2.85 bits per heavy atom. The molecule has 0 bridgehead atoms. The number of hydrogen-bond donors (Lipinski definition) is 1. The number of carbonyl (C=O) groups is 1. The quantitative estimate of drug-likeness (QED) is 0.896. The zero-order chi connectivity index (χ0) is 17.9. The third-order valence-corrected chi connectivity index (χ3v) is 4.56. The normalized spacial score (nSPS) is 14.7. The minimum atomic E-state index is -0.122. The van der Waals surface area contributed by atoms with Crippen molar-refractivity contribution < 1.29 is 19.0 Å². The van der Waals surface area contributed by atoms with Crippen LogP contribution in [0.3, 0.4) is 0 Å². The summed E-state index contributed by atoms with van der Waals surface area (Å²) in [6.07, 6.45) is 2.52.